The summed E-state index contributed by atoms with van der Waals surface area (Å²) in [6.07, 6.45) is 3.04. The number of nitrogens with zero attached hydrogens (tertiary/aromatic N) is 2. The largest absolute Gasteiger partial charge is 0.465 e. The van der Waals surface area contributed by atoms with Gasteiger partial charge in [0.1, 0.15) is 0 Å². The second kappa shape index (κ2) is 5.53. The van der Waals surface area contributed by atoms with Crippen LogP contribution in [0.3, 0.4) is 0 Å². The lowest BCUT2D eigenvalue weighted by Crippen LogP contribution is -2.37. The number of carboxylic acid groups (broad SMARTS) is 1. The lowest BCUT2D eigenvalue weighted by Gasteiger charge is -2.29. The number of aryl methyl sites for hydroxylation is 1. The fourth-order valence-electron chi connectivity index (χ4n) is 2.87. The fraction of sp³-hybridized carbons (Fsp3) is 0.467. The zero-order valence-electron chi connectivity index (χ0n) is 11.3. The number of benzene rings is 1. The van der Waals surface area contributed by atoms with Crippen molar-refractivity contribution in [2.24, 2.45) is 5.92 Å². The lowest BCUT2D eigenvalue weighted by molar-refractivity contribution is 0.123. The average molecular weight is 274 g/mol. The summed E-state index contributed by atoms with van der Waals surface area (Å²) >= 11 is 0. The lowest BCUT2D eigenvalue weighted by atomic mass is 9.91. The van der Waals surface area contributed by atoms with E-state index in [0.717, 1.165) is 42.3 Å². The Hall–Kier alpha value is -2.04. The van der Waals surface area contributed by atoms with Crippen molar-refractivity contribution in [2.45, 2.75) is 25.7 Å². The smallest absolute Gasteiger partial charge is 0.407 e. The van der Waals surface area contributed by atoms with Crippen LogP contribution in [0.15, 0.2) is 28.8 Å². The molecule has 1 aliphatic rings. The number of fused-ring (bicyclic) bond motifs is 1. The maximum absolute atomic E-state index is 10.9. The Bertz CT molecular complexity index is 600. The van der Waals surface area contributed by atoms with Crippen LogP contribution in [0.1, 0.15) is 25.0 Å². The first-order valence-corrected chi connectivity index (χ1v) is 7.05. The molecule has 1 saturated heterocycles. The first-order chi connectivity index (χ1) is 9.74. The molecule has 1 aromatic carbocycles. The summed E-state index contributed by atoms with van der Waals surface area (Å²) < 4.78 is 5.30. The van der Waals surface area contributed by atoms with Gasteiger partial charge in [-0.05, 0) is 43.7 Å². The molecule has 5 heteroatoms. The molecule has 1 N–H and O–H groups in total. The molecule has 106 valence electrons. The van der Waals surface area contributed by atoms with Crippen LogP contribution in [0, 0.1) is 5.92 Å². The Kier molecular flexibility index (Phi) is 3.58. The van der Waals surface area contributed by atoms with Crippen molar-refractivity contribution < 1.29 is 14.4 Å². The molecule has 2 heterocycles. The highest BCUT2D eigenvalue weighted by Crippen LogP contribution is 2.25. The molecule has 1 amide bonds. The second-order valence-corrected chi connectivity index (χ2v) is 5.38. The topological polar surface area (TPSA) is 66.6 Å². The molecule has 0 aliphatic carbocycles. The third-order valence-corrected chi connectivity index (χ3v) is 4.13. The molecule has 20 heavy (non-hydrogen) atoms. The van der Waals surface area contributed by atoms with E-state index in [1.54, 1.807) is 0 Å². The molecule has 0 spiro atoms. The van der Waals surface area contributed by atoms with Crippen molar-refractivity contribution in [1.82, 2.24) is 10.1 Å². The maximum atomic E-state index is 10.9. The van der Waals surface area contributed by atoms with Crippen LogP contribution in [-0.2, 0) is 6.42 Å². The Labute approximate surface area is 117 Å². The number of carbonyl (C=O) groups is 1. The molecule has 0 bridgehead atoms. The fourth-order valence-corrected chi connectivity index (χ4v) is 2.87. The van der Waals surface area contributed by atoms with Gasteiger partial charge in [-0.3, -0.25) is 0 Å². The van der Waals surface area contributed by atoms with Crippen molar-refractivity contribution >= 4 is 17.1 Å². The summed E-state index contributed by atoms with van der Waals surface area (Å²) in [5, 5.41) is 14.2. The van der Waals surface area contributed by atoms with E-state index in [4.69, 9.17) is 9.63 Å². The van der Waals surface area contributed by atoms with Crippen molar-refractivity contribution in [3.8, 4) is 0 Å². The van der Waals surface area contributed by atoms with E-state index >= 15 is 0 Å². The molecule has 3 rings (SSSR count). The third kappa shape index (κ3) is 2.61. The van der Waals surface area contributed by atoms with Gasteiger partial charge in [-0.1, -0.05) is 17.3 Å². The predicted molar refractivity (Wildman–Crippen MR) is 74.7 cm³/mol. The van der Waals surface area contributed by atoms with E-state index in [2.05, 4.69) is 5.16 Å². The molecule has 0 radical (unpaired) electrons. The number of rotatable bonds is 3. The third-order valence-electron chi connectivity index (χ3n) is 4.13. The Morgan fingerprint density at radius 1 is 1.35 bits per heavy atom. The van der Waals surface area contributed by atoms with Crippen molar-refractivity contribution in [1.29, 1.82) is 0 Å². The van der Waals surface area contributed by atoms with Crippen LogP contribution in [0.4, 0.5) is 4.79 Å². The monoisotopic (exact) mass is 274 g/mol. The van der Waals surface area contributed by atoms with Gasteiger partial charge in [-0.2, -0.15) is 0 Å². The van der Waals surface area contributed by atoms with Crippen LogP contribution in [0.2, 0.25) is 0 Å². The first-order valence-electron chi connectivity index (χ1n) is 7.05. The van der Waals surface area contributed by atoms with Gasteiger partial charge in [-0.15, -0.1) is 0 Å². The summed E-state index contributed by atoms with van der Waals surface area (Å²) in [6, 6.07) is 7.90. The summed E-state index contributed by atoms with van der Waals surface area (Å²) in [6.45, 7) is 1.30. The van der Waals surface area contributed by atoms with Gasteiger partial charge in [0.15, 0.2) is 5.58 Å². The first kappa shape index (κ1) is 13.0. The van der Waals surface area contributed by atoms with E-state index < -0.39 is 6.09 Å². The minimum Gasteiger partial charge on any atom is -0.465 e. The van der Waals surface area contributed by atoms with Crippen molar-refractivity contribution in [3.05, 3.63) is 30.0 Å². The van der Waals surface area contributed by atoms with E-state index in [-0.39, 0.29) is 0 Å². The van der Waals surface area contributed by atoms with Crippen LogP contribution in [0.5, 0.6) is 0 Å². The summed E-state index contributed by atoms with van der Waals surface area (Å²) in [5.74, 6) is 0.584. The van der Waals surface area contributed by atoms with Crippen LogP contribution in [0.25, 0.3) is 11.0 Å². The van der Waals surface area contributed by atoms with E-state index in [9.17, 15) is 4.79 Å². The molecular weight excluding hydrogens is 256 g/mol. The second-order valence-electron chi connectivity index (χ2n) is 5.38. The summed E-state index contributed by atoms with van der Waals surface area (Å²) in [7, 11) is 0. The normalized spacial score (nSPS) is 16.7. The SMILES string of the molecule is O=C(O)N1CCC(CCc2noc3ccccc23)CC1. The van der Waals surface area contributed by atoms with Crippen LogP contribution < -0.4 is 0 Å². The average Bonchev–Trinajstić information content (AvgIpc) is 2.89. The molecule has 1 aromatic heterocycles. The number of para-hydroxylation sites is 1. The number of likely N-dealkylation sites (tertiary alicyclic amines) is 1. The van der Waals surface area contributed by atoms with Crippen molar-refractivity contribution in [3.63, 3.8) is 0 Å². The number of hydrogen-bond acceptors (Lipinski definition) is 3. The van der Waals surface area contributed by atoms with Gasteiger partial charge in [0, 0.05) is 18.5 Å². The van der Waals surface area contributed by atoms with E-state index in [1.165, 1.54) is 4.90 Å². The quantitative estimate of drug-likeness (QED) is 0.933. The van der Waals surface area contributed by atoms with Gasteiger partial charge in [-0.25, -0.2) is 4.79 Å². The minimum absolute atomic E-state index is 0.584. The highest BCUT2D eigenvalue weighted by molar-refractivity contribution is 5.79. The number of piperidine rings is 1. The summed E-state index contributed by atoms with van der Waals surface area (Å²) in [5.41, 5.74) is 1.85. The van der Waals surface area contributed by atoms with Gasteiger partial charge in [0.05, 0.1) is 5.69 Å². The van der Waals surface area contributed by atoms with Crippen LogP contribution >= 0.6 is 0 Å². The standard InChI is InChI=1S/C15H18N2O3/c18-15(19)17-9-7-11(8-10-17)5-6-13-12-3-1-2-4-14(12)20-16-13/h1-4,11H,5-10H2,(H,18,19). The zero-order chi connectivity index (χ0) is 13.9. The Morgan fingerprint density at radius 2 is 2.10 bits per heavy atom. The molecule has 1 fully saturated rings. The highest BCUT2D eigenvalue weighted by Gasteiger charge is 2.22. The van der Waals surface area contributed by atoms with Gasteiger partial charge in [0.2, 0.25) is 0 Å². The molecule has 5 nitrogen and oxygen atoms in total. The number of aromatic nitrogens is 1. The molecule has 1 aliphatic heterocycles. The zero-order valence-corrected chi connectivity index (χ0v) is 11.3. The van der Waals surface area contributed by atoms with E-state index in [0.29, 0.717) is 19.0 Å². The number of amides is 1. The van der Waals surface area contributed by atoms with Crippen molar-refractivity contribution in [2.75, 3.05) is 13.1 Å². The highest BCUT2D eigenvalue weighted by atomic mass is 16.5. The molecule has 0 atom stereocenters. The number of hydrogen-bond donors (Lipinski definition) is 1. The minimum atomic E-state index is -0.800. The predicted octanol–water partition coefficient (Wildman–Crippen LogP) is 3.15. The van der Waals surface area contributed by atoms with Gasteiger partial charge >= 0.3 is 6.09 Å². The molecule has 0 saturated carbocycles. The maximum Gasteiger partial charge on any atom is 0.407 e. The molecular formula is C15H18N2O3. The van der Waals surface area contributed by atoms with E-state index in [1.807, 2.05) is 24.3 Å². The Balaban J connectivity index is 1.57. The van der Waals surface area contributed by atoms with Gasteiger partial charge < -0.3 is 14.5 Å². The molecule has 0 unspecified atom stereocenters. The van der Waals surface area contributed by atoms with Gasteiger partial charge in [0.25, 0.3) is 0 Å². The summed E-state index contributed by atoms with van der Waals surface area (Å²) in [4.78, 5) is 12.4. The van der Waals surface area contributed by atoms with Crippen LogP contribution in [-0.4, -0.2) is 34.3 Å². The Morgan fingerprint density at radius 3 is 2.85 bits per heavy atom. The molecule has 2 aromatic rings.